The number of carbonyl (C=O) groups excluding carboxylic acids is 3. The van der Waals surface area contributed by atoms with Gasteiger partial charge in [-0.15, -0.1) is 11.6 Å². The molecule has 19 heavy (non-hydrogen) atoms. The summed E-state index contributed by atoms with van der Waals surface area (Å²) >= 11 is 5.41. The number of nitrogens with two attached hydrogens (primary N) is 1. The number of rotatable bonds is 3. The molecule has 0 atom stereocenters. The lowest BCUT2D eigenvalue weighted by Crippen LogP contribution is -2.45. The van der Waals surface area contributed by atoms with Gasteiger partial charge in [-0.2, -0.15) is 0 Å². The van der Waals surface area contributed by atoms with Crippen molar-refractivity contribution in [1.82, 2.24) is 5.32 Å². The number of hydrogen-bond acceptors (Lipinski definition) is 4. The fourth-order valence-electron chi connectivity index (χ4n) is 1.40. The third-order valence-corrected chi connectivity index (χ3v) is 2.43. The van der Waals surface area contributed by atoms with Crippen molar-refractivity contribution in [3.63, 3.8) is 0 Å². The number of anilines is 2. The summed E-state index contributed by atoms with van der Waals surface area (Å²) in [4.78, 5) is 35.7. The van der Waals surface area contributed by atoms with E-state index in [1.807, 2.05) is 0 Å². The smallest absolute Gasteiger partial charge is 0.323 e. The van der Waals surface area contributed by atoms with Crippen LogP contribution in [0.3, 0.4) is 0 Å². The van der Waals surface area contributed by atoms with E-state index >= 15 is 0 Å². The molecule has 0 aliphatic heterocycles. The Bertz CT molecular complexity index is 487. The Morgan fingerprint density at radius 3 is 2.32 bits per heavy atom. The largest absolute Gasteiger partial charge is 0.399 e. The van der Waals surface area contributed by atoms with Crippen LogP contribution in [-0.2, 0) is 14.4 Å². The predicted octanol–water partition coefficient (Wildman–Crippen LogP) is 0.503. The molecule has 1 rings (SSSR count). The molecule has 6 nitrogen and oxygen atoms in total. The molecule has 7 heteroatoms. The first-order chi connectivity index (χ1) is 8.97. The number of nitrogen functional groups attached to an aromatic ring is 1. The monoisotopic (exact) mass is 283 g/mol. The fourth-order valence-corrected chi connectivity index (χ4v) is 1.50. The molecule has 0 saturated heterocycles. The molecule has 0 radical (unpaired) electrons. The predicted molar refractivity (Wildman–Crippen MR) is 72.8 cm³/mol. The Hall–Kier alpha value is -2.08. The van der Waals surface area contributed by atoms with E-state index in [-0.39, 0.29) is 18.1 Å². The molecule has 0 fully saturated rings. The van der Waals surface area contributed by atoms with Crippen LogP contribution in [-0.4, -0.2) is 30.1 Å². The van der Waals surface area contributed by atoms with Crippen LogP contribution in [0.1, 0.15) is 6.92 Å². The minimum atomic E-state index is -0.956. The number of benzene rings is 1. The quantitative estimate of drug-likeness (QED) is 0.480. The molecular weight excluding hydrogens is 270 g/mol. The summed E-state index contributed by atoms with van der Waals surface area (Å²) in [5.41, 5.74) is 6.30. The van der Waals surface area contributed by atoms with E-state index in [0.29, 0.717) is 5.69 Å². The fraction of sp³-hybridized carbons (Fsp3) is 0.250. The van der Waals surface area contributed by atoms with Crippen LogP contribution in [0.25, 0.3) is 0 Å². The maximum atomic E-state index is 11.9. The lowest BCUT2D eigenvalue weighted by Gasteiger charge is -2.18. The molecule has 0 aliphatic rings. The van der Waals surface area contributed by atoms with Crippen molar-refractivity contribution in [3.8, 4) is 0 Å². The summed E-state index contributed by atoms with van der Waals surface area (Å²) in [6.45, 7) is 1.35. The van der Waals surface area contributed by atoms with Crippen molar-refractivity contribution in [2.75, 3.05) is 23.1 Å². The van der Waals surface area contributed by atoms with E-state index in [4.69, 9.17) is 17.3 Å². The van der Waals surface area contributed by atoms with Crippen LogP contribution in [0.2, 0.25) is 0 Å². The number of alkyl halides is 1. The minimum Gasteiger partial charge on any atom is -0.399 e. The second-order valence-electron chi connectivity index (χ2n) is 3.70. The first-order valence-electron chi connectivity index (χ1n) is 5.51. The lowest BCUT2D eigenvalue weighted by molar-refractivity contribution is -0.139. The first kappa shape index (κ1) is 15.0. The summed E-state index contributed by atoms with van der Waals surface area (Å²) < 4.78 is 0. The van der Waals surface area contributed by atoms with E-state index in [0.717, 1.165) is 4.90 Å². The van der Waals surface area contributed by atoms with Crippen molar-refractivity contribution in [2.24, 2.45) is 0 Å². The molecule has 0 bridgehead atoms. The van der Waals surface area contributed by atoms with Crippen molar-refractivity contribution in [2.45, 2.75) is 6.92 Å². The van der Waals surface area contributed by atoms with Crippen LogP contribution in [0.15, 0.2) is 24.3 Å². The summed E-state index contributed by atoms with van der Waals surface area (Å²) in [7, 11) is 0. The van der Waals surface area contributed by atoms with Crippen molar-refractivity contribution in [1.29, 1.82) is 0 Å². The van der Waals surface area contributed by atoms with E-state index in [2.05, 4.69) is 5.32 Å². The highest BCUT2D eigenvalue weighted by molar-refractivity contribution is 6.45. The van der Waals surface area contributed by atoms with Crippen LogP contribution < -0.4 is 16.0 Å². The van der Waals surface area contributed by atoms with Gasteiger partial charge in [0.1, 0.15) is 0 Å². The van der Waals surface area contributed by atoms with E-state index in [9.17, 15) is 14.4 Å². The van der Waals surface area contributed by atoms with Crippen LogP contribution in [0, 0.1) is 0 Å². The van der Waals surface area contributed by atoms with Gasteiger partial charge < -0.3 is 11.1 Å². The van der Waals surface area contributed by atoms with Gasteiger partial charge in [0.25, 0.3) is 0 Å². The minimum absolute atomic E-state index is 0.152. The number of nitrogens with one attached hydrogen (secondary N) is 1. The van der Waals surface area contributed by atoms with Gasteiger partial charge in [0, 0.05) is 25.0 Å². The Morgan fingerprint density at radius 1 is 1.26 bits per heavy atom. The van der Waals surface area contributed by atoms with Gasteiger partial charge in [-0.25, -0.2) is 4.90 Å². The number of nitrogens with zero attached hydrogens (tertiary/aromatic N) is 1. The lowest BCUT2D eigenvalue weighted by atomic mass is 10.2. The molecule has 0 saturated carbocycles. The number of amides is 3. The first-order valence-corrected chi connectivity index (χ1v) is 6.05. The van der Waals surface area contributed by atoms with E-state index < -0.39 is 17.7 Å². The molecule has 0 heterocycles. The van der Waals surface area contributed by atoms with Gasteiger partial charge in [-0.3, -0.25) is 14.4 Å². The molecular formula is C12H14ClN3O3. The van der Waals surface area contributed by atoms with Gasteiger partial charge in [-0.05, 0) is 24.3 Å². The SMILES string of the molecule is CC(=O)N(C(=O)C(=O)NCCCl)c1ccc(N)cc1. The molecule has 102 valence electrons. The highest BCUT2D eigenvalue weighted by Gasteiger charge is 2.26. The third kappa shape index (κ3) is 3.96. The molecule has 3 amide bonds. The topological polar surface area (TPSA) is 92.5 Å². The number of carbonyl (C=O) groups is 3. The standard InChI is InChI=1S/C12H14ClN3O3/c1-8(17)16(10-4-2-9(14)3-5-10)12(19)11(18)15-7-6-13/h2-5H,6-7,14H2,1H3,(H,15,18). The highest BCUT2D eigenvalue weighted by atomic mass is 35.5. The molecule has 0 unspecified atom stereocenters. The Morgan fingerprint density at radius 2 is 1.84 bits per heavy atom. The average molecular weight is 284 g/mol. The number of hydrogen-bond donors (Lipinski definition) is 2. The van der Waals surface area contributed by atoms with Crippen LogP contribution in [0.4, 0.5) is 11.4 Å². The second kappa shape index (κ2) is 6.75. The summed E-state index contributed by atoms with van der Waals surface area (Å²) in [5.74, 6) is -2.22. The average Bonchev–Trinajstić information content (AvgIpc) is 2.38. The van der Waals surface area contributed by atoms with Crippen LogP contribution >= 0.6 is 11.6 Å². The number of halogens is 1. The van der Waals surface area contributed by atoms with Gasteiger partial charge in [0.15, 0.2) is 0 Å². The molecule has 3 N–H and O–H groups in total. The van der Waals surface area contributed by atoms with Crippen LogP contribution in [0.5, 0.6) is 0 Å². The number of imide groups is 1. The van der Waals surface area contributed by atoms with Gasteiger partial charge in [0.2, 0.25) is 5.91 Å². The molecule has 0 aromatic heterocycles. The Kier molecular flexibility index (Phi) is 5.32. The van der Waals surface area contributed by atoms with Gasteiger partial charge >= 0.3 is 11.8 Å². The molecule has 1 aromatic carbocycles. The molecule has 1 aromatic rings. The third-order valence-electron chi connectivity index (χ3n) is 2.24. The maximum absolute atomic E-state index is 11.9. The molecule has 0 aliphatic carbocycles. The van der Waals surface area contributed by atoms with Crippen molar-refractivity contribution in [3.05, 3.63) is 24.3 Å². The zero-order valence-corrected chi connectivity index (χ0v) is 11.1. The van der Waals surface area contributed by atoms with Gasteiger partial charge in [0.05, 0.1) is 5.69 Å². The Labute approximate surface area is 115 Å². The zero-order valence-electron chi connectivity index (χ0n) is 10.4. The van der Waals surface area contributed by atoms with E-state index in [1.165, 1.54) is 31.2 Å². The second-order valence-corrected chi connectivity index (χ2v) is 4.07. The summed E-state index contributed by atoms with van der Waals surface area (Å²) in [6.07, 6.45) is 0. The van der Waals surface area contributed by atoms with E-state index in [1.54, 1.807) is 0 Å². The molecule has 0 spiro atoms. The normalized spacial score (nSPS) is 9.79. The zero-order chi connectivity index (χ0) is 14.4. The van der Waals surface area contributed by atoms with Crippen molar-refractivity contribution >= 4 is 40.7 Å². The summed E-state index contributed by atoms with van der Waals surface area (Å²) in [5, 5.41) is 2.31. The summed E-state index contributed by atoms with van der Waals surface area (Å²) in [6, 6.07) is 6.05. The highest BCUT2D eigenvalue weighted by Crippen LogP contribution is 2.16. The Balaban J connectivity index is 2.95. The van der Waals surface area contributed by atoms with Crippen molar-refractivity contribution < 1.29 is 14.4 Å². The van der Waals surface area contributed by atoms with Gasteiger partial charge in [-0.1, -0.05) is 0 Å². The maximum Gasteiger partial charge on any atom is 0.323 e.